The molecule has 3 atom stereocenters. The van der Waals surface area contributed by atoms with Crippen LogP contribution in [-0.2, 0) is 9.59 Å². The van der Waals surface area contributed by atoms with Gasteiger partial charge in [0.1, 0.15) is 0 Å². The summed E-state index contributed by atoms with van der Waals surface area (Å²) in [6.45, 7) is 0. The second kappa shape index (κ2) is 2.65. The number of nitrogens with one attached hydrogen (secondary N) is 1. The lowest BCUT2D eigenvalue weighted by molar-refractivity contribution is -0.175. The zero-order valence-corrected chi connectivity index (χ0v) is 7.47. The first-order valence-electron chi connectivity index (χ1n) is 4.38. The number of carbonyl (C=O) groups excluding carboxylic acids is 1. The minimum Gasteiger partial charge on any atom is -0.481 e. The molecular weight excluding hydrogens is 215 g/mol. The number of hydrogen-bond acceptors (Lipinski definition) is 2. The van der Waals surface area contributed by atoms with Gasteiger partial charge in [-0.2, -0.15) is 13.2 Å². The molecule has 2 aliphatic rings. The van der Waals surface area contributed by atoms with Crippen LogP contribution in [0, 0.1) is 11.3 Å². The number of hydrogen-bond donors (Lipinski definition) is 2. The molecule has 2 N–H and O–H groups in total. The standard InChI is InChI=1S/C8H8F3NO3/c9-8(10,11)5(13)12-4-2-7(6(14)15)1-3(4)7/h3-4H,1-2H2,(H,12,13)(H,14,15)/t3-,4+,7-/m0/s1. The Labute approximate surface area is 82.4 Å². The largest absolute Gasteiger partial charge is 0.481 e. The molecule has 2 fully saturated rings. The van der Waals surface area contributed by atoms with Crippen LogP contribution in [0.4, 0.5) is 13.2 Å². The van der Waals surface area contributed by atoms with Crippen LogP contribution < -0.4 is 5.32 Å². The number of amides is 1. The van der Waals surface area contributed by atoms with Gasteiger partial charge < -0.3 is 10.4 Å². The number of carboxylic acids is 1. The first kappa shape index (κ1) is 10.3. The molecule has 2 rings (SSSR count). The van der Waals surface area contributed by atoms with Crippen LogP contribution in [0.25, 0.3) is 0 Å². The van der Waals surface area contributed by atoms with E-state index in [4.69, 9.17) is 5.11 Å². The van der Waals surface area contributed by atoms with Gasteiger partial charge in [-0.15, -0.1) is 0 Å². The highest BCUT2D eigenvalue weighted by molar-refractivity contribution is 5.85. The van der Waals surface area contributed by atoms with Gasteiger partial charge in [-0.25, -0.2) is 0 Å². The van der Waals surface area contributed by atoms with Crippen molar-refractivity contribution in [1.82, 2.24) is 5.32 Å². The number of fused-ring (bicyclic) bond motifs is 1. The number of halogens is 3. The lowest BCUT2D eigenvalue weighted by Gasteiger charge is -2.32. The third kappa shape index (κ3) is 1.37. The van der Waals surface area contributed by atoms with E-state index < -0.39 is 29.5 Å². The summed E-state index contributed by atoms with van der Waals surface area (Å²) in [6, 6.07) is -0.629. The quantitative estimate of drug-likeness (QED) is 0.717. The zero-order chi connectivity index (χ0) is 11.4. The first-order valence-corrected chi connectivity index (χ1v) is 4.38. The van der Waals surface area contributed by atoms with Crippen molar-refractivity contribution in [2.75, 3.05) is 0 Å². The molecule has 0 bridgehead atoms. The summed E-state index contributed by atoms with van der Waals surface area (Å²) in [5, 5.41) is 10.5. The smallest absolute Gasteiger partial charge is 0.471 e. The third-order valence-electron chi connectivity index (χ3n) is 3.20. The molecule has 15 heavy (non-hydrogen) atoms. The highest BCUT2D eigenvalue weighted by Gasteiger charge is 2.72. The predicted molar refractivity (Wildman–Crippen MR) is 40.8 cm³/mol. The molecular formula is C8H8F3NO3. The van der Waals surface area contributed by atoms with Crippen molar-refractivity contribution in [3.8, 4) is 0 Å². The van der Waals surface area contributed by atoms with Crippen LogP contribution in [0.15, 0.2) is 0 Å². The average Bonchev–Trinajstić information content (AvgIpc) is 2.66. The van der Waals surface area contributed by atoms with Gasteiger partial charge in [0.15, 0.2) is 0 Å². The topological polar surface area (TPSA) is 66.4 Å². The van der Waals surface area contributed by atoms with Crippen LogP contribution in [0.3, 0.4) is 0 Å². The Morgan fingerprint density at radius 2 is 1.93 bits per heavy atom. The van der Waals surface area contributed by atoms with Crippen molar-refractivity contribution in [3.63, 3.8) is 0 Å². The molecule has 0 saturated heterocycles. The Morgan fingerprint density at radius 1 is 1.33 bits per heavy atom. The van der Waals surface area contributed by atoms with Crippen molar-refractivity contribution >= 4 is 11.9 Å². The summed E-state index contributed by atoms with van der Waals surface area (Å²) < 4.78 is 35.5. The third-order valence-corrected chi connectivity index (χ3v) is 3.20. The normalized spacial score (nSPS) is 37.5. The highest BCUT2D eigenvalue weighted by Crippen LogP contribution is 2.67. The van der Waals surface area contributed by atoms with Crippen LogP contribution in [0.2, 0.25) is 0 Å². The van der Waals surface area contributed by atoms with E-state index in [1.807, 2.05) is 0 Å². The molecule has 1 amide bonds. The summed E-state index contributed by atoms with van der Waals surface area (Å²) in [6.07, 6.45) is -4.42. The minimum absolute atomic E-state index is 0.106. The van der Waals surface area contributed by atoms with Crippen LogP contribution >= 0.6 is 0 Å². The average molecular weight is 223 g/mol. The maximum absolute atomic E-state index is 11.8. The van der Waals surface area contributed by atoms with E-state index in [0.717, 1.165) is 0 Å². The Hall–Kier alpha value is -1.27. The van der Waals surface area contributed by atoms with E-state index in [0.29, 0.717) is 6.42 Å². The van der Waals surface area contributed by atoms with Crippen LogP contribution in [0.5, 0.6) is 0 Å². The van der Waals surface area contributed by atoms with Crippen molar-refractivity contribution in [1.29, 1.82) is 0 Å². The lowest BCUT2D eigenvalue weighted by Crippen LogP contribution is -2.51. The maximum atomic E-state index is 11.8. The fourth-order valence-corrected chi connectivity index (χ4v) is 2.20. The van der Waals surface area contributed by atoms with Gasteiger partial charge in [-0.1, -0.05) is 0 Å². The highest BCUT2D eigenvalue weighted by atomic mass is 19.4. The molecule has 4 nitrogen and oxygen atoms in total. The molecule has 0 aliphatic heterocycles. The number of aliphatic carboxylic acids is 1. The second-order valence-electron chi connectivity index (χ2n) is 4.05. The SMILES string of the molecule is O=C(N[C@@H]1C[C@@]2(C(=O)O)C[C@@H]12)C(F)(F)F. The molecule has 0 spiro atoms. The van der Waals surface area contributed by atoms with Crippen molar-refractivity contribution in [2.45, 2.75) is 25.1 Å². The molecule has 0 aromatic heterocycles. The van der Waals surface area contributed by atoms with Gasteiger partial charge in [0, 0.05) is 6.04 Å². The summed E-state index contributed by atoms with van der Waals surface area (Å²) in [5.74, 6) is -3.29. The minimum atomic E-state index is -4.89. The van der Waals surface area contributed by atoms with Crippen LogP contribution in [-0.4, -0.2) is 29.2 Å². The van der Waals surface area contributed by atoms with Gasteiger partial charge in [0.2, 0.25) is 0 Å². The van der Waals surface area contributed by atoms with Crippen molar-refractivity contribution < 1.29 is 27.9 Å². The molecule has 0 unspecified atom stereocenters. The van der Waals surface area contributed by atoms with E-state index in [9.17, 15) is 22.8 Å². The Morgan fingerprint density at radius 3 is 2.27 bits per heavy atom. The monoisotopic (exact) mass is 223 g/mol. The molecule has 0 heterocycles. The Bertz CT molecular complexity index is 341. The zero-order valence-electron chi connectivity index (χ0n) is 7.47. The summed E-state index contributed by atoms with van der Waals surface area (Å²) in [5.41, 5.74) is -0.844. The number of rotatable bonds is 2. The van der Waals surface area contributed by atoms with E-state index in [-0.39, 0.29) is 12.3 Å². The number of carboxylic acid groups (broad SMARTS) is 1. The number of alkyl halides is 3. The first-order chi connectivity index (χ1) is 6.77. The Kier molecular flexibility index (Phi) is 1.81. The van der Waals surface area contributed by atoms with Crippen molar-refractivity contribution in [2.24, 2.45) is 11.3 Å². The Balaban J connectivity index is 1.88. The van der Waals surface area contributed by atoms with Gasteiger partial charge in [-0.05, 0) is 18.8 Å². The predicted octanol–water partition coefficient (Wildman–Crippen LogP) is 0.528. The van der Waals surface area contributed by atoms with E-state index in [1.165, 1.54) is 0 Å². The van der Waals surface area contributed by atoms with E-state index >= 15 is 0 Å². The van der Waals surface area contributed by atoms with Gasteiger partial charge in [0.25, 0.3) is 0 Å². The molecule has 0 radical (unpaired) electrons. The van der Waals surface area contributed by atoms with Crippen molar-refractivity contribution in [3.05, 3.63) is 0 Å². The lowest BCUT2D eigenvalue weighted by atomic mass is 9.80. The van der Waals surface area contributed by atoms with Gasteiger partial charge >= 0.3 is 18.1 Å². The maximum Gasteiger partial charge on any atom is 0.471 e. The fraction of sp³-hybridized carbons (Fsp3) is 0.750. The van der Waals surface area contributed by atoms with E-state index in [1.54, 1.807) is 5.32 Å². The number of carbonyl (C=O) groups is 2. The summed E-state index contributed by atoms with van der Waals surface area (Å²) in [7, 11) is 0. The second-order valence-corrected chi connectivity index (χ2v) is 4.05. The van der Waals surface area contributed by atoms with Crippen LogP contribution in [0.1, 0.15) is 12.8 Å². The molecule has 7 heteroatoms. The molecule has 0 aromatic carbocycles. The molecule has 84 valence electrons. The molecule has 0 aromatic rings. The van der Waals surface area contributed by atoms with Gasteiger partial charge in [0.05, 0.1) is 5.41 Å². The molecule has 2 saturated carbocycles. The summed E-state index contributed by atoms with van der Waals surface area (Å²) >= 11 is 0. The fourth-order valence-electron chi connectivity index (χ4n) is 2.20. The summed E-state index contributed by atoms with van der Waals surface area (Å²) in [4.78, 5) is 21.2. The van der Waals surface area contributed by atoms with Gasteiger partial charge in [-0.3, -0.25) is 9.59 Å². The molecule has 2 aliphatic carbocycles. The van der Waals surface area contributed by atoms with E-state index in [2.05, 4.69) is 0 Å².